The van der Waals surface area contributed by atoms with E-state index in [-0.39, 0.29) is 0 Å². The van der Waals surface area contributed by atoms with E-state index >= 15 is 0 Å². The molecule has 7 nitrogen and oxygen atoms in total. The zero-order valence-corrected chi connectivity index (χ0v) is 15.9. The van der Waals surface area contributed by atoms with E-state index in [1.54, 1.807) is 14.2 Å². The topological polar surface area (TPSA) is 68.7 Å². The van der Waals surface area contributed by atoms with Crippen molar-refractivity contribution in [3.05, 3.63) is 35.5 Å². The largest absolute Gasteiger partial charge is 0.495 e. The van der Waals surface area contributed by atoms with Crippen LogP contribution in [0.4, 0.5) is 11.6 Å². The molecule has 27 heavy (non-hydrogen) atoms. The lowest BCUT2D eigenvalue weighted by molar-refractivity contribution is 0.0342. The van der Waals surface area contributed by atoms with Gasteiger partial charge in [-0.2, -0.15) is 4.98 Å². The Hall–Kier alpha value is -2.38. The van der Waals surface area contributed by atoms with Crippen molar-refractivity contribution in [2.75, 3.05) is 45.8 Å². The van der Waals surface area contributed by atoms with Crippen molar-refractivity contribution < 1.29 is 14.2 Å². The first-order valence-corrected chi connectivity index (χ1v) is 9.42. The number of ether oxygens (including phenoxy) is 3. The Balaban J connectivity index is 1.49. The van der Waals surface area contributed by atoms with Crippen molar-refractivity contribution in [1.82, 2.24) is 14.9 Å². The van der Waals surface area contributed by atoms with Crippen LogP contribution in [0.3, 0.4) is 0 Å². The molecule has 0 spiro atoms. The number of hydrogen-bond acceptors (Lipinski definition) is 7. The van der Waals surface area contributed by atoms with Crippen LogP contribution >= 0.6 is 0 Å². The lowest BCUT2D eigenvalue weighted by Crippen LogP contribution is -2.35. The van der Waals surface area contributed by atoms with Gasteiger partial charge >= 0.3 is 0 Å². The number of hydrogen-bond donors (Lipinski definition) is 1. The summed E-state index contributed by atoms with van der Waals surface area (Å²) in [5.74, 6) is 2.48. The van der Waals surface area contributed by atoms with Crippen LogP contribution in [0.25, 0.3) is 0 Å². The van der Waals surface area contributed by atoms with Gasteiger partial charge in [0.15, 0.2) is 0 Å². The predicted octanol–water partition coefficient (Wildman–Crippen LogP) is 2.95. The molecule has 2 aliphatic rings. The summed E-state index contributed by atoms with van der Waals surface area (Å²) in [5.41, 5.74) is 3.14. The molecule has 1 N–H and O–H groups in total. The summed E-state index contributed by atoms with van der Waals surface area (Å²) in [7, 11) is 3.33. The van der Waals surface area contributed by atoms with Gasteiger partial charge < -0.3 is 19.5 Å². The zero-order valence-electron chi connectivity index (χ0n) is 15.9. The van der Waals surface area contributed by atoms with Gasteiger partial charge in [-0.1, -0.05) is 6.07 Å². The fourth-order valence-corrected chi connectivity index (χ4v) is 3.35. The number of rotatable bonds is 7. The summed E-state index contributed by atoms with van der Waals surface area (Å²) in [6, 6.07) is 6.18. The van der Waals surface area contributed by atoms with Crippen LogP contribution in [0, 0.1) is 0 Å². The second-order valence-electron chi connectivity index (χ2n) is 6.98. The molecule has 0 radical (unpaired) electrons. The quantitative estimate of drug-likeness (QED) is 0.803. The van der Waals surface area contributed by atoms with Gasteiger partial charge in [-0.15, -0.1) is 0 Å². The maximum atomic E-state index is 5.58. The van der Waals surface area contributed by atoms with Crippen molar-refractivity contribution in [3.8, 4) is 11.6 Å². The van der Waals surface area contributed by atoms with Gasteiger partial charge in [0.25, 0.3) is 0 Å². The second-order valence-corrected chi connectivity index (χ2v) is 6.98. The Bertz CT molecular complexity index is 789. The van der Waals surface area contributed by atoms with Crippen LogP contribution in [-0.2, 0) is 11.3 Å². The standard InChI is InChI=1S/C20H26N4O3/c1-25-18-11-14(13-24-7-9-27-10-8-24)3-6-17(18)22-20-21-12-16(15-4-5-15)19(23-20)26-2/h3,6,11-12,15H,4-5,7-10,13H2,1-2H3,(H,21,22,23). The summed E-state index contributed by atoms with van der Waals surface area (Å²) in [4.78, 5) is 11.4. The van der Waals surface area contributed by atoms with Crippen LogP contribution < -0.4 is 14.8 Å². The molecule has 1 saturated carbocycles. The molecular formula is C20H26N4O3. The predicted molar refractivity (Wildman–Crippen MR) is 103 cm³/mol. The van der Waals surface area contributed by atoms with Gasteiger partial charge in [0, 0.05) is 31.4 Å². The number of benzene rings is 1. The van der Waals surface area contributed by atoms with E-state index in [0.717, 1.165) is 49.8 Å². The molecule has 7 heteroatoms. The highest BCUT2D eigenvalue weighted by Crippen LogP contribution is 2.43. The molecule has 1 aromatic carbocycles. The first-order valence-electron chi connectivity index (χ1n) is 9.42. The number of aromatic nitrogens is 2. The highest BCUT2D eigenvalue weighted by molar-refractivity contribution is 5.63. The van der Waals surface area contributed by atoms with E-state index in [9.17, 15) is 0 Å². The summed E-state index contributed by atoms with van der Waals surface area (Å²) >= 11 is 0. The Morgan fingerprint density at radius 1 is 1.19 bits per heavy atom. The average Bonchev–Trinajstić information content (AvgIpc) is 3.55. The number of anilines is 2. The van der Waals surface area contributed by atoms with Gasteiger partial charge in [0.05, 0.1) is 33.1 Å². The maximum absolute atomic E-state index is 5.58. The molecule has 0 unspecified atom stereocenters. The van der Waals surface area contributed by atoms with E-state index in [2.05, 4.69) is 32.3 Å². The van der Waals surface area contributed by atoms with Gasteiger partial charge in [-0.25, -0.2) is 4.98 Å². The highest BCUT2D eigenvalue weighted by atomic mass is 16.5. The molecule has 144 valence electrons. The zero-order chi connectivity index (χ0) is 18.6. The monoisotopic (exact) mass is 370 g/mol. The molecule has 1 aromatic heterocycles. The Morgan fingerprint density at radius 2 is 2.00 bits per heavy atom. The molecule has 2 fully saturated rings. The van der Waals surface area contributed by atoms with Crippen LogP contribution in [-0.4, -0.2) is 55.4 Å². The average molecular weight is 370 g/mol. The normalized spacial score (nSPS) is 17.6. The van der Waals surface area contributed by atoms with E-state index in [1.165, 1.54) is 18.4 Å². The van der Waals surface area contributed by atoms with Crippen molar-refractivity contribution >= 4 is 11.6 Å². The Labute approximate surface area is 159 Å². The third kappa shape index (κ3) is 4.31. The van der Waals surface area contributed by atoms with Crippen LogP contribution in [0.15, 0.2) is 24.4 Å². The smallest absolute Gasteiger partial charge is 0.230 e. The molecule has 0 bridgehead atoms. The number of morpholine rings is 1. The lowest BCUT2D eigenvalue weighted by atomic mass is 10.1. The van der Waals surface area contributed by atoms with E-state index in [1.807, 2.05) is 12.3 Å². The molecule has 4 rings (SSSR count). The minimum atomic E-state index is 0.510. The minimum absolute atomic E-state index is 0.510. The van der Waals surface area contributed by atoms with E-state index < -0.39 is 0 Å². The van der Waals surface area contributed by atoms with Gasteiger partial charge in [0.2, 0.25) is 11.8 Å². The van der Waals surface area contributed by atoms with E-state index in [0.29, 0.717) is 17.7 Å². The SMILES string of the molecule is COc1cc(CN2CCOCC2)ccc1Nc1ncc(C2CC2)c(OC)n1. The number of nitrogens with one attached hydrogen (secondary N) is 1. The Kier molecular flexibility index (Phi) is 5.40. The van der Waals surface area contributed by atoms with Crippen LogP contribution in [0.5, 0.6) is 11.6 Å². The number of nitrogens with zero attached hydrogens (tertiary/aromatic N) is 3. The van der Waals surface area contributed by atoms with Crippen molar-refractivity contribution in [2.45, 2.75) is 25.3 Å². The van der Waals surface area contributed by atoms with Crippen LogP contribution in [0.2, 0.25) is 0 Å². The molecule has 1 aliphatic heterocycles. The second kappa shape index (κ2) is 8.10. The van der Waals surface area contributed by atoms with Crippen molar-refractivity contribution in [2.24, 2.45) is 0 Å². The first-order chi connectivity index (χ1) is 13.3. The summed E-state index contributed by atoms with van der Waals surface area (Å²) in [5, 5.41) is 3.25. The molecule has 1 saturated heterocycles. The van der Waals surface area contributed by atoms with Gasteiger partial charge in [0.1, 0.15) is 5.75 Å². The minimum Gasteiger partial charge on any atom is -0.495 e. The van der Waals surface area contributed by atoms with Crippen LogP contribution in [0.1, 0.15) is 29.9 Å². The van der Waals surface area contributed by atoms with Gasteiger partial charge in [-0.3, -0.25) is 4.90 Å². The van der Waals surface area contributed by atoms with Gasteiger partial charge in [-0.05, 0) is 36.5 Å². The molecule has 2 aromatic rings. The number of methoxy groups -OCH3 is 2. The third-order valence-electron chi connectivity index (χ3n) is 5.01. The highest BCUT2D eigenvalue weighted by Gasteiger charge is 2.28. The molecule has 0 atom stereocenters. The first kappa shape index (κ1) is 18.0. The molecule has 1 aliphatic carbocycles. The van der Waals surface area contributed by atoms with Crippen molar-refractivity contribution in [1.29, 1.82) is 0 Å². The van der Waals surface area contributed by atoms with E-state index in [4.69, 9.17) is 14.2 Å². The lowest BCUT2D eigenvalue weighted by Gasteiger charge is -2.26. The molecule has 2 heterocycles. The maximum Gasteiger partial charge on any atom is 0.230 e. The van der Waals surface area contributed by atoms with Crippen molar-refractivity contribution in [3.63, 3.8) is 0 Å². The fourth-order valence-electron chi connectivity index (χ4n) is 3.35. The Morgan fingerprint density at radius 3 is 2.70 bits per heavy atom. The molecular weight excluding hydrogens is 344 g/mol. The summed E-state index contributed by atoms with van der Waals surface area (Å²) in [6.45, 7) is 4.41. The fraction of sp³-hybridized carbons (Fsp3) is 0.500. The molecule has 0 amide bonds. The third-order valence-corrected chi connectivity index (χ3v) is 5.01. The summed E-state index contributed by atoms with van der Waals surface area (Å²) < 4.78 is 16.4. The summed E-state index contributed by atoms with van der Waals surface area (Å²) in [6.07, 6.45) is 4.24.